The summed E-state index contributed by atoms with van der Waals surface area (Å²) in [4.78, 5) is 39.7. The molecule has 2 fully saturated rings. The van der Waals surface area contributed by atoms with Gasteiger partial charge in [0.15, 0.2) is 0 Å². The molecule has 1 aromatic rings. The molecule has 0 radical (unpaired) electrons. The Hall–Kier alpha value is -3.30. The van der Waals surface area contributed by atoms with Crippen LogP contribution in [0.4, 0.5) is 13.2 Å². The first-order chi connectivity index (χ1) is 15.9. The molecule has 192 valence electrons. The van der Waals surface area contributed by atoms with E-state index in [-0.39, 0.29) is 35.2 Å². The van der Waals surface area contributed by atoms with Crippen molar-refractivity contribution in [3.8, 4) is 11.9 Å². The molecule has 10 nitrogen and oxygen atoms in total. The van der Waals surface area contributed by atoms with E-state index in [2.05, 4.69) is 10.4 Å². The number of aryl methyl sites for hydroxylation is 1. The van der Waals surface area contributed by atoms with Crippen LogP contribution in [-0.2, 0) is 21.4 Å². The topological polar surface area (TPSA) is 140 Å². The monoisotopic (exact) mass is 498 g/mol. The van der Waals surface area contributed by atoms with Crippen LogP contribution in [0.15, 0.2) is 6.20 Å². The third-order valence-corrected chi connectivity index (χ3v) is 7.07. The molecular weight excluding hydrogens is 469 g/mol. The number of halogens is 3. The van der Waals surface area contributed by atoms with Crippen molar-refractivity contribution >= 4 is 17.7 Å². The minimum absolute atomic E-state index is 0.0656. The smallest absolute Gasteiger partial charge is 0.471 e. The Morgan fingerprint density at radius 2 is 1.86 bits per heavy atom. The van der Waals surface area contributed by atoms with E-state index in [1.54, 1.807) is 5.32 Å². The number of alkyl halides is 3. The lowest BCUT2D eigenvalue weighted by molar-refractivity contribution is -0.176. The van der Waals surface area contributed by atoms with E-state index in [4.69, 9.17) is 0 Å². The third kappa shape index (κ3) is 4.66. The quantitative estimate of drug-likeness (QED) is 0.560. The number of hydrogen-bond donors (Lipinski definition) is 3. The number of amides is 3. The van der Waals surface area contributed by atoms with Gasteiger partial charge in [-0.3, -0.25) is 14.4 Å². The van der Waals surface area contributed by atoms with E-state index in [1.165, 1.54) is 38.9 Å². The number of piperidine rings is 1. The van der Waals surface area contributed by atoms with Crippen LogP contribution < -0.4 is 10.6 Å². The Kier molecular flexibility index (Phi) is 6.33. The van der Waals surface area contributed by atoms with Crippen molar-refractivity contribution < 1.29 is 32.7 Å². The normalized spacial score (nSPS) is 24.7. The van der Waals surface area contributed by atoms with Gasteiger partial charge in [-0.15, -0.1) is 0 Å². The van der Waals surface area contributed by atoms with Gasteiger partial charge in [0.2, 0.25) is 17.7 Å². The van der Waals surface area contributed by atoms with Crippen LogP contribution in [0.5, 0.6) is 5.88 Å². The number of nitrogens with one attached hydrogen (secondary N) is 2. The molecule has 1 saturated heterocycles. The number of nitriles is 1. The number of aromatic hydroxyl groups is 1. The number of hydrogen-bond acceptors (Lipinski definition) is 6. The minimum Gasteiger partial charge on any atom is -0.493 e. The fourth-order valence-electron chi connectivity index (χ4n) is 4.90. The zero-order valence-electron chi connectivity index (χ0n) is 20.3. The van der Waals surface area contributed by atoms with Crippen LogP contribution >= 0.6 is 0 Å². The highest BCUT2D eigenvalue weighted by Gasteiger charge is 2.70. The number of rotatable bonds is 5. The number of likely N-dealkylation sites (tertiary alicyclic amines) is 1. The van der Waals surface area contributed by atoms with Crippen molar-refractivity contribution in [3.05, 3.63) is 11.8 Å². The van der Waals surface area contributed by atoms with Gasteiger partial charge in [-0.25, -0.2) is 4.68 Å². The summed E-state index contributed by atoms with van der Waals surface area (Å²) in [7, 11) is 1.45. The highest BCUT2D eigenvalue weighted by molar-refractivity contribution is 5.95. The number of carbonyl (C=O) groups is 3. The first kappa shape index (κ1) is 26.3. The van der Waals surface area contributed by atoms with Gasteiger partial charge in [0.25, 0.3) is 0 Å². The predicted octanol–water partition coefficient (Wildman–Crippen LogP) is 1.38. The van der Waals surface area contributed by atoms with Crippen molar-refractivity contribution in [1.82, 2.24) is 25.3 Å². The zero-order chi connectivity index (χ0) is 26.7. The van der Waals surface area contributed by atoms with Gasteiger partial charge in [0.1, 0.15) is 18.1 Å². The highest BCUT2D eigenvalue weighted by Crippen LogP contribution is 2.65. The van der Waals surface area contributed by atoms with Gasteiger partial charge in [0.05, 0.1) is 17.8 Å². The first-order valence-corrected chi connectivity index (χ1v) is 11.0. The van der Waals surface area contributed by atoms with E-state index in [0.717, 1.165) is 4.68 Å². The van der Waals surface area contributed by atoms with Crippen LogP contribution in [0.3, 0.4) is 0 Å². The average molecular weight is 499 g/mol. The molecule has 1 aliphatic carbocycles. The molecule has 1 saturated carbocycles. The molecule has 3 N–H and O–H groups in total. The molecule has 5 atom stereocenters. The Labute approximate surface area is 200 Å². The van der Waals surface area contributed by atoms with E-state index in [9.17, 15) is 37.9 Å². The Balaban J connectivity index is 1.89. The SMILES string of the molecule is Cn1ncc(C(C#N)NC(=O)[C@@H]2[C@@H]3[C@H](CN2C(=O)[C@@H](NC(=O)C(F)(F)F)C(C)(C)C)C3(C)C)c1O. The largest absolute Gasteiger partial charge is 0.493 e. The number of aromatic nitrogens is 2. The lowest BCUT2D eigenvalue weighted by Crippen LogP contribution is -2.60. The molecule has 1 aliphatic heterocycles. The predicted molar refractivity (Wildman–Crippen MR) is 115 cm³/mol. The summed E-state index contributed by atoms with van der Waals surface area (Å²) >= 11 is 0. The summed E-state index contributed by atoms with van der Waals surface area (Å²) < 4.78 is 39.9. The van der Waals surface area contributed by atoms with Gasteiger partial charge in [0, 0.05) is 13.6 Å². The maximum Gasteiger partial charge on any atom is 0.471 e. The average Bonchev–Trinajstić information content (AvgIpc) is 3.05. The van der Waals surface area contributed by atoms with E-state index in [0.29, 0.717) is 0 Å². The molecule has 13 heteroatoms. The molecule has 1 aromatic heterocycles. The van der Waals surface area contributed by atoms with Crippen LogP contribution in [0.2, 0.25) is 0 Å². The van der Waals surface area contributed by atoms with Crippen LogP contribution in [-0.4, -0.2) is 62.3 Å². The third-order valence-electron chi connectivity index (χ3n) is 7.07. The molecule has 0 aromatic carbocycles. The van der Waals surface area contributed by atoms with Crippen LogP contribution in [0.25, 0.3) is 0 Å². The van der Waals surface area contributed by atoms with Crippen molar-refractivity contribution in [2.45, 2.75) is 58.9 Å². The fourth-order valence-corrected chi connectivity index (χ4v) is 4.90. The summed E-state index contributed by atoms with van der Waals surface area (Å²) in [5, 5.41) is 27.9. The molecular formula is C22H29F3N6O4. The van der Waals surface area contributed by atoms with Crippen molar-refractivity contribution in [2.24, 2.45) is 29.7 Å². The summed E-state index contributed by atoms with van der Waals surface area (Å²) in [6.07, 6.45) is -3.95. The molecule has 3 amide bonds. The maximum absolute atomic E-state index is 13.5. The maximum atomic E-state index is 13.5. The second kappa shape index (κ2) is 8.42. The van der Waals surface area contributed by atoms with Crippen molar-refractivity contribution in [3.63, 3.8) is 0 Å². The molecule has 0 bridgehead atoms. The van der Waals surface area contributed by atoms with Gasteiger partial charge >= 0.3 is 12.1 Å². The summed E-state index contributed by atoms with van der Waals surface area (Å²) in [5.41, 5.74) is -1.32. The highest BCUT2D eigenvalue weighted by atomic mass is 19.4. The molecule has 3 rings (SSSR count). The zero-order valence-corrected chi connectivity index (χ0v) is 20.3. The van der Waals surface area contributed by atoms with Gasteiger partial charge < -0.3 is 20.6 Å². The second-order valence-electron chi connectivity index (χ2n) is 10.8. The van der Waals surface area contributed by atoms with Gasteiger partial charge in [-0.2, -0.15) is 23.5 Å². The Bertz CT molecular complexity index is 1080. The van der Waals surface area contributed by atoms with Gasteiger partial charge in [-0.05, 0) is 22.7 Å². The number of carbonyl (C=O) groups excluding carboxylic acids is 3. The van der Waals surface area contributed by atoms with E-state index < -0.39 is 47.4 Å². The fraction of sp³-hybridized carbons (Fsp3) is 0.682. The van der Waals surface area contributed by atoms with E-state index >= 15 is 0 Å². The minimum atomic E-state index is -5.18. The summed E-state index contributed by atoms with van der Waals surface area (Å²) in [5.74, 6) is -4.41. The lowest BCUT2D eigenvalue weighted by atomic mass is 9.85. The molecule has 2 aliphatic rings. The molecule has 1 unspecified atom stereocenters. The van der Waals surface area contributed by atoms with Crippen LogP contribution in [0, 0.1) is 34.0 Å². The van der Waals surface area contributed by atoms with Crippen LogP contribution in [0.1, 0.15) is 46.2 Å². The summed E-state index contributed by atoms with van der Waals surface area (Å²) in [6.45, 7) is 8.51. The molecule has 2 heterocycles. The lowest BCUT2D eigenvalue weighted by Gasteiger charge is -2.37. The van der Waals surface area contributed by atoms with Crippen molar-refractivity contribution in [2.75, 3.05) is 6.54 Å². The molecule has 0 spiro atoms. The van der Waals surface area contributed by atoms with E-state index in [1.807, 2.05) is 19.9 Å². The van der Waals surface area contributed by atoms with Crippen molar-refractivity contribution in [1.29, 1.82) is 5.26 Å². The van der Waals surface area contributed by atoms with Gasteiger partial charge in [-0.1, -0.05) is 34.6 Å². The second-order valence-corrected chi connectivity index (χ2v) is 10.8. The first-order valence-electron chi connectivity index (χ1n) is 11.0. The Morgan fingerprint density at radius 1 is 1.26 bits per heavy atom. The Morgan fingerprint density at radius 3 is 2.31 bits per heavy atom. The number of nitrogens with zero attached hydrogens (tertiary/aromatic N) is 4. The number of fused-ring (bicyclic) bond motifs is 1. The standard InChI is InChI=1S/C22H29F3N6O4/c1-20(2,3)15(29-19(35)22(23,24)25)18(34)31-9-11-13(21(11,4)5)14(31)16(32)28-12(7-26)10-8-27-30(6)17(10)33/h8,11-15,33H,9H2,1-6H3,(H,28,32)(H,29,35)/t11-,12?,13-,14-,15+/m0/s1. The molecule has 35 heavy (non-hydrogen) atoms. The summed E-state index contributed by atoms with van der Waals surface area (Å²) in [6, 6.07) is -1.99.